The molecule has 0 spiro atoms. The van der Waals surface area contributed by atoms with Crippen molar-refractivity contribution in [2.45, 2.75) is 6.42 Å². The number of carbonyl (C=O) groups is 1. The Morgan fingerprint density at radius 3 is 2.63 bits per heavy atom. The van der Waals surface area contributed by atoms with Crippen LogP contribution < -0.4 is 19.7 Å². The molecule has 0 aliphatic carbocycles. The number of piperazine rings is 1. The maximum absolute atomic E-state index is 14.6. The highest BCUT2D eigenvalue weighted by Crippen LogP contribution is 2.25. The number of anilines is 3. The molecule has 1 aliphatic rings. The lowest BCUT2D eigenvalue weighted by molar-refractivity contribution is 0.145. The molecular weight excluding hydrogens is 518 g/mol. The smallest absolute Gasteiger partial charge is 0.420 e. The molecule has 0 bridgehead atoms. The van der Waals surface area contributed by atoms with Crippen LogP contribution in [0.25, 0.3) is 0 Å². The minimum absolute atomic E-state index is 0.122. The average molecular weight is 547 g/mol. The summed E-state index contributed by atoms with van der Waals surface area (Å²) in [5.41, 5.74) is 0.399. The van der Waals surface area contributed by atoms with Gasteiger partial charge in [-0.25, -0.2) is 18.6 Å². The first kappa shape index (κ1) is 27.5. The monoisotopic (exact) mass is 546 g/mol. The van der Waals surface area contributed by atoms with E-state index in [4.69, 9.17) is 21.1 Å². The highest BCUT2D eigenvalue weighted by molar-refractivity contribution is 6.30. The third-order valence-corrected chi connectivity index (χ3v) is 6.24. The van der Waals surface area contributed by atoms with Gasteiger partial charge in [-0.05, 0) is 43.8 Å². The van der Waals surface area contributed by atoms with Crippen molar-refractivity contribution in [2.75, 3.05) is 63.6 Å². The zero-order valence-electron chi connectivity index (χ0n) is 21.2. The van der Waals surface area contributed by atoms with Gasteiger partial charge in [0.2, 0.25) is 5.95 Å². The number of likely N-dealkylation sites (N-methyl/N-ethyl adjacent to an activating group) is 1. The predicted octanol–water partition coefficient (Wildman–Crippen LogP) is 4.80. The van der Waals surface area contributed by atoms with E-state index in [0.717, 1.165) is 50.1 Å². The number of carbonyl (C=O) groups excluding carboxylic acids is 1. The fourth-order valence-corrected chi connectivity index (χ4v) is 3.94. The minimum Gasteiger partial charge on any atom is -0.490 e. The zero-order valence-corrected chi connectivity index (χ0v) is 21.9. The Bertz CT molecular complexity index is 1260. The lowest BCUT2D eigenvalue weighted by atomic mass is 10.3. The molecule has 1 amide bonds. The summed E-state index contributed by atoms with van der Waals surface area (Å²) in [5.74, 6) is -1.09. The first-order valence-electron chi connectivity index (χ1n) is 12.1. The van der Waals surface area contributed by atoms with Crippen molar-refractivity contribution in [2.24, 2.45) is 0 Å². The number of hydrogen-bond acceptors (Lipinski definition) is 8. The molecule has 1 N–H and O–H groups in total. The van der Waals surface area contributed by atoms with Crippen LogP contribution in [0, 0.1) is 11.6 Å². The molecule has 4 rings (SSSR count). The van der Waals surface area contributed by atoms with Gasteiger partial charge < -0.3 is 24.6 Å². The number of benzene rings is 2. The Morgan fingerprint density at radius 2 is 1.87 bits per heavy atom. The average Bonchev–Trinajstić information content (AvgIpc) is 2.90. The van der Waals surface area contributed by atoms with Crippen LogP contribution in [0.15, 0.2) is 48.7 Å². The summed E-state index contributed by atoms with van der Waals surface area (Å²) >= 11 is 5.84. The fourth-order valence-electron chi connectivity index (χ4n) is 3.77. The summed E-state index contributed by atoms with van der Waals surface area (Å²) in [6, 6.07) is 9.59. The quantitative estimate of drug-likeness (QED) is 0.383. The second-order valence-electron chi connectivity index (χ2n) is 8.86. The van der Waals surface area contributed by atoms with E-state index >= 15 is 0 Å². The molecule has 202 valence electrons. The number of hydrogen-bond donors (Lipinski definition) is 1. The van der Waals surface area contributed by atoms with Gasteiger partial charge in [0.1, 0.15) is 5.82 Å². The van der Waals surface area contributed by atoms with E-state index in [0.29, 0.717) is 12.3 Å². The van der Waals surface area contributed by atoms with E-state index in [-0.39, 0.29) is 28.3 Å². The van der Waals surface area contributed by atoms with Gasteiger partial charge in [0.15, 0.2) is 23.1 Å². The molecule has 12 heteroatoms. The normalized spacial score (nSPS) is 14.2. The maximum atomic E-state index is 14.6. The molecule has 1 aliphatic heterocycles. The van der Waals surface area contributed by atoms with Gasteiger partial charge in [0, 0.05) is 68.8 Å². The molecule has 1 saturated heterocycles. The topological polar surface area (TPSA) is 83.1 Å². The Morgan fingerprint density at radius 1 is 1.08 bits per heavy atom. The third-order valence-electron chi connectivity index (χ3n) is 6.01. The SMILES string of the molecule is CN1CCN(CCCOc2ccc(Nc3nccc(N(C)C(=O)Oc4cc(Cl)ccc4F)n3)cc2F)CC1. The maximum Gasteiger partial charge on any atom is 0.420 e. The Kier molecular flexibility index (Phi) is 9.27. The van der Waals surface area contributed by atoms with E-state index in [9.17, 15) is 13.6 Å². The molecule has 9 nitrogen and oxygen atoms in total. The van der Waals surface area contributed by atoms with Crippen LogP contribution in [-0.4, -0.2) is 79.3 Å². The molecule has 1 aromatic heterocycles. The molecule has 0 unspecified atom stereocenters. The van der Waals surface area contributed by atoms with Crippen molar-refractivity contribution in [3.05, 3.63) is 65.3 Å². The van der Waals surface area contributed by atoms with E-state index < -0.39 is 17.7 Å². The number of nitrogens with zero attached hydrogens (tertiary/aromatic N) is 5. The van der Waals surface area contributed by atoms with Gasteiger partial charge in [-0.2, -0.15) is 4.98 Å². The molecule has 3 aromatic rings. The number of rotatable bonds is 9. The summed E-state index contributed by atoms with van der Waals surface area (Å²) in [5, 5.41) is 3.12. The van der Waals surface area contributed by atoms with Gasteiger partial charge in [-0.1, -0.05) is 11.6 Å². The minimum atomic E-state index is -0.879. The van der Waals surface area contributed by atoms with E-state index in [1.165, 1.54) is 37.5 Å². The van der Waals surface area contributed by atoms with Crippen LogP contribution in [0.4, 0.5) is 31.0 Å². The van der Waals surface area contributed by atoms with Crippen molar-refractivity contribution in [3.8, 4) is 11.5 Å². The van der Waals surface area contributed by atoms with Gasteiger partial charge >= 0.3 is 6.09 Å². The zero-order chi connectivity index (χ0) is 27.1. The van der Waals surface area contributed by atoms with E-state index in [2.05, 4.69) is 32.1 Å². The highest BCUT2D eigenvalue weighted by atomic mass is 35.5. The fraction of sp³-hybridized carbons (Fsp3) is 0.346. The number of amides is 1. The standard InChI is InChI=1S/C26H29ClF2N6O3/c1-33-11-13-35(14-12-33)10-3-15-37-22-7-5-19(17-21(22)29)31-25-30-9-8-24(32-25)34(2)26(36)38-23-16-18(27)4-6-20(23)28/h4-9,16-17H,3,10-15H2,1-2H3,(H,30,31,32). The number of nitrogens with one attached hydrogen (secondary N) is 1. The summed E-state index contributed by atoms with van der Waals surface area (Å²) in [6.07, 6.45) is 1.35. The number of ether oxygens (including phenoxy) is 2. The summed E-state index contributed by atoms with van der Waals surface area (Å²) in [7, 11) is 3.53. The van der Waals surface area contributed by atoms with Gasteiger partial charge in [0.05, 0.1) is 6.61 Å². The van der Waals surface area contributed by atoms with E-state index in [1.807, 2.05) is 0 Å². The Hall–Kier alpha value is -3.54. The molecule has 2 aromatic carbocycles. The van der Waals surface area contributed by atoms with E-state index in [1.54, 1.807) is 12.1 Å². The van der Waals surface area contributed by atoms with Crippen molar-refractivity contribution < 1.29 is 23.0 Å². The van der Waals surface area contributed by atoms with Crippen molar-refractivity contribution in [1.82, 2.24) is 19.8 Å². The van der Waals surface area contributed by atoms with Crippen LogP contribution in [0.1, 0.15) is 6.42 Å². The largest absolute Gasteiger partial charge is 0.490 e. The number of halogens is 3. The van der Waals surface area contributed by atoms with Crippen LogP contribution in [0.5, 0.6) is 11.5 Å². The Balaban J connectivity index is 1.30. The van der Waals surface area contributed by atoms with Crippen LogP contribution in [-0.2, 0) is 0 Å². The second-order valence-corrected chi connectivity index (χ2v) is 9.29. The van der Waals surface area contributed by atoms with Gasteiger partial charge in [-0.15, -0.1) is 0 Å². The van der Waals surface area contributed by atoms with Crippen molar-refractivity contribution >= 4 is 35.1 Å². The molecular formula is C26H29ClF2N6O3. The molecule has 2 heterocycles. The third kappa shape index (κ3) is 7.50. The van der Waals surface area contributed by atoms with Gasteiger partial charge in [-0.3, -0.25) is 4.90 Å². The molecule has 0 radical (unpaired) electrons. The highest BCUT2D eigenvalue weighted by Gasteiger charge is 2.18. The lowest BCUT2D eigenvalue weighted by Gasteiger charge is -2.32. The lowest BCUT2D eigenvalue weighted by Crippen LogP contribution is -2.44. The second kappa shape index (κ2) is 12.8. The summed E-state index contributed by atoms with van der Waals surface area (Å²) < 4.78 is 39.3. The number of aromatic nitrogens is 2. The molecule has 1 fully saturated rings. The summed E-state index contributed by atoms with van der Waals surface area (Å²) in [4.78, 5) is 26.6. The molecule has 0 atom stereocenters. The first-order valence-corrected chi connectivity index (χ1v) is 12.5. The molecule has 0 saturated carbocycles. The van der Waals surface area contributed by atoms with Crippen LogP contribution in [0.3, 0.4) is 0 Å². The predicted molar refractivity (Wildman–Crippen MR) is 142 cm³/mol. The van der Waals surface area contributed by atoms with Crippen molar-refractivity contribution in [1.29, 1.82) is 0 Å². The molecule has 38 heavy (non-hydrogen) atoms. The van der Waals surface area contributed by atoms with Crippen LogP contribution in [0.2, 0.25) is 5.02 Å². The first-order chi connectivity index (χ1) is 18.3. The Labute approximate surface area is 224 Å². The van der Waals surface area contributed by atoms with Crippen LogP contribution >= 0.6 is 11.6 Å². The van der Waals surface area contributed by atoms with Crippen molar-refractivity contribution in [3.63, 3.8) is 0 Å². The summed E-state index contributed by atoms with van der Waals surface area (Å²) in [6.45, 7) is 5.51. The van der Waals surface area contributed by atoms with Gasteiger partial charge in [0.25, 0.3) is 0 Å².